The lowest BCUT2D eigenvalue weighted by Crippen LogP contribution is -2.01. The zero-order chi connectivity index (χ0) is 13.2. The van der Waals surface area contributed by atoms with Crippen LogP contribution in [0.5, 0.6) is 5.75 Å². The van der Waals surface area contributed by atoms with Gasteiger partial charge in [-0.15, -0.1) is 0 Å². The number of nitrogens with one attached hydrogen (secondary N) is 1. The molecule has 2 aromatic rings. The van der Waals surface area contributed by atoms with E-state index in [9.17, 15) is 4.39 Å². The number of benzene rings is 2. The first-order valence-electron chi connectivity index (χ1n) is 6.47. The third-order valence-corrected chi connectivity index (χ3v) is 3.48. The molecule has 0 aromatic heterocycles. The third kappa shape index (κ3) is 2.55. The van der Waals surface area contributed by atoms with Gasteiger partial charge in [0.25, 0.3) is 0 Å². The zero-order valence-corrected chi connectivity index (χ0v) is 10.9. The van der Waals surface area contributed by atoms with Crippen LogP contribution in [-0.4, -0.2) is 6.61 Å². The smallest absolute Gasteiger partial charge is 0.123 e. The highest BCUT2D eigenvalue weighted by Crippen LogP contribution is 2.28. The molecule has 0 amide bonds. The molecule has 2 aromatic carbocycles. The van der Waals surface area contributed by atoms with Crippen molar-refractivity contribution >= 4 is 5.69 Å². The van der Waals surface area contributed by atoms with Crippen molar-refractivity contribution in [1.29, 1.82) is 0 Å². The number of halogens is 1. The van der Waals surface area contributed by atoms with Crippen LogP contribution in [0.25, 0.3) is 0 Å². The molecule has 1 heterocycles. The maximum absolute atomic E-state index is 13.0. The van der Waals surface area contributed by atoms with Crippen LogP contribution in [0.15, 0.2) is 36.4 Å². The Kier molecular flexibility index (Phi) is 3.11. The second-order valence-electron chi connectivity index (χ2n) is 4.85. The van der Waals surface area contributed by atoms with E-state index in [1.807, 2.05) is 25.1 Å². The summed E-state index contributed by atoms with van der Waals surface area (Å²) in [5, 5.41) is 3.37. The minimum absolute atomic E-state index is 0.184. The fourth-order valence-corrected chi connectivity index (χ4v) is 2.35. The average molecular weight is 257 g/mol. The minimum atomic E-state index is -0.184. The summed E-state index contributed by atoms with van der Waals surface area (Å²) in [5.74, 6) is 0.805. The van der Waals surface area contributed by atoms with Crippen molar-refractivity contribution in [3.63, 3.8) is 0 Å². The molecule has 0 atom stereocenters. The van der Waals surface area contributed by atoms with Gasteiger partial charge in [-0.3, -0.25) is 0 Å². The Morgan fingerprint density at radius 3 is 2.95 bits per heavy atom. The van der Waals surface area contributed by atoms with Crippen LogP contribution in [0.2, 0.25) is 0 Å². The number of hydrogen-bond donors (Lipinski definition) is 1. The number of rotatable bonds is 3. The number of aryl methyl sites for hydroxylation is 1. The first-order chi connectivity index (χ1) is 9.22. The van der Waals surface area contributed by atoms with Crippen molar-refractivity contribution < 1.29 is 9.13 Å². The van der Waals surface area contributed by atoms with Crippen LogP contribution in [0.3, 0.4) is 0 Å². The minimum Gasteiger partial charge on any atom is -0.493 e. The van der Waals surface area contributed by atoms with Crippen molar-refractivity contribution in [1.82, 2.24) is 0 Å². The lowest BCUT2D eigenvalue weighted by atomic mass is 10.1. The molecule has 0 saturated heterocycles. The molecule has 3 rings (SSSR count). The van der Waals surface area contributed by atoms with E-state index in [0.717, 1.165) is 35.6 Å². The SMILES string of the molecule is Cc1cc(F)ccc1CNc1ccc2c(c1)CCO2. The maximum atomic E-state index is 13.0. The van der Waals surface area contributed by atoms with E-state index in [1.54, 1.807) is 6.07 Å². The fraction of sp³-hybridized carbons (Fsp3) is 0.250. The monoisotopic (exact) mass is 257 g/mol. The summed E-state index contributed by atoms with van der Waals surface area (Å²) in [6, 6.07) is 11.0. The highest BCUT2D eigenvalue weighted by Gasteiger charge is 2.11. The summed E-state index contributed by atoms with van der Waals surface area (Å²) >= 11 is 0. The van der Waals surface area contributed by atoms with Crippen molar-refractivity contribution in [2.24, 2.45) is 0 Å². The number of ether oxygens (including phenoxy) is 1. The number of hydrogen-bond acceptors (Lipinski definition) is 2. The Bertz CT molecular complexity index is 610. The molecular weight excluding hydrogens is 241 g/mol. The largest absolute Gasteiger partial charge is 0.493 e. The first kappa shape index (κ1) is 12.0. The van der Waals surface area contributed by atoms with Gasteiger partial charge in [0, 0.05) is 18.7 Å². The van der Waals surface area contributed by atoms with E-state index >= 15 is 0 Å². The van der Waals surface area contributed by atoms with Gasteiger partial charge in [0.05, 0.1) is 6.61 Å². The van der Waals surface area contributed by atoms with Gasteiger partial charge in [0.15, 0.2) is 0 Å². The van der Waals surface area contributed by atoms with Gasteiger partial charge in [-0.05, 0) is 53.9 Å². The second kappa shape index (κ2) is 4.92. The maximum Gasteiger partial charge on any atom is 0.123 e. The highest BCUT2D eigenvalue weighted by molar-refractivity contribution is 5.52. The molecule has 0 aliphatic carbocycles. The first-order valence-corrected chi connectivity index (χ1v) is 6.47. The van der Waals surface area contributed by atoms with Gasteiger partial charge < -0.3 is 10.1 Å². The Morgan fingerprint density at radius 2 is 2.11 bits per heavy atom. The van der Waals surface area contributed by atoms with Gasteiger partial charge in [-0.25, -0.2) is 4.39 Å². The van der Waals surface area contributed by atoms with Crippen LogP contribution < -0.4 is 10.1 Å². The van der Waals surface area contributed by atoms with Gasteiger partial charge in [-0.1, -0.05) is 6.07 Å². The molecule has 0 unspecified atom stereocenters. The van der Waals surface area contributed by atoms with Crippen LogP contribution >= 0.6 is 0 Å². The predicted molar refractivity (Wildman–Crippen MR) is 74.1 cm³/mol. The Labute approximate surface area is 112 Å². The summed E-state index contributed by atoms with van der Waals surface area (Å²) < 4.78 is 18.5. The Morgan fingerprint density at radius 1 is 1.21 bits per heavy atom. The second-order valence-corrected chi connectivity index (χ2v) is 4.85. The van der Waals surface area contributed by atoms with E-state index in [0.29, 0.717) is 6.54 Å². The number of fused-ring (bicyclic) bond motifs is 1. The van der Waals surface area contributed by atoms with Crippen LogP contribution in [0, 0.1) is 12.7 Å². The lowest BCUT2D eigenvalue weighted by molar-refractivity contribution is 0.357. The lowest BCUT2D eigenvalue weighted by Gasteiger charge is -2.10. The van der Waals surface area contributed by atoms with E-state index in [-0.39, 0.29) is 5.82 Å². The quantitative estimate of drug-likeness (QED) is 0.905. The molecule has 1 aliphatic rings. The van der Waals surface area contributed by atoms with Crippen LogP contribution in [0.4, 0.5) is 10.1 Å². The Hall–Kier alpha value is -2.03. The molecule has 98 valence electrons. The van der Waals surface area contributed by atoms with E-state index in [1.165, 1.54) is 11.6 Å². The summed E-state index contributed by atoms with van der Waals surface area (Å²) in [4.78, 5) is 0. The van der Waals surface area contributed by atoms with Gasteiger partial charge >= 0.3 is 0 Å². The summed E-state index contributed by atoms with van der Waals surface area (Å²) in [6.45, 7) is 3.40. The molecule has 0 bridgehead atoms. The molecule has 2 nitrogen and oxygen atoms in total. The van der Waals surface area contributed by atoms with Gasteiger partial charge in [-0.2, -0.15) is 0 Å². The van der Waals surface area contributed by atoms with Crippen LogP contribution in [0.1, 0.15) is 16.7 Å². The van der Waals surface area contributed by atoms with Gasteiger partial charge in [0.1, 0.15) is 11.6 Å². The zero-order valence-electron chi connectivity index (χ0n) is 10.9. The standard InChI is InChI=1S/C16H16FNO/c1-11-8-14(17)3-2-13(11)10-18-15-4-5-16-12(9-15)6-7-19-16/h2-5,8-9,18H,6-7,10H2,1H3. The molecule has 0 saturated carbocycles. The van der Waals surface area contributed by atoms with E-state index in [4.69, 9.17) is 4.74 Å². The van der Waals surface area contributed by atoms with Gasteiger partial charge in [0.2, 0.25) is 0 Å². The Balaban J connectivity index is 1.72. The predicted octanol–water partition coefficient (Wildman–Crippen LogP) is 3.68. The average Bonchev–Trinajstić information content (AvgIpc) is 2.85. The van der Waals surface area contributed by atoms with Crippen molar-refractivity contribution in [3.8, 4) is 5.75 Å². The van der Waals surface area contributed by atoms with Crippen molar-refractivity contribution in [2.45, 2.75) is 19.9 Å². The highest BCUT2D eigenvalue weighted by atomic mass is 19.1. The number of anilines is 1. The van der Waals surface area contributed by atoms with Crippen LogP contribution in [-0.2, 0) is 13.0 Å². The fourth-order valence-electron chi connectivity index (χ4n) is 2.35. The van der Waals surface area contributed by atoms with E-state index < -0.39 is 0 Å². The molecule has 0 fully saturated rings. The summed E-state index contributed by atoms with van der Waals surface area (Å²) in [5.41, 5.74) is 4.41. The molecule has 0 spiro atoms. The molecule has 1 N–H and O–H groups in total. The van der Waals surface area contributed by atoms with E-state index in [2.05, 4.69) is 11.4 Å². The van der Waals surface area contributed by atoms with Crippen molar-refractivity contribution in [3.05, 3.63) is 58.9 Å². The molecular formula is C16H16FNO. The third-order valence-electron chi connectivity index (χ3n) is 3.48. The molecule has 19 heavy (non-hydrogen) atoms. The molecule has 0 radical (unpaired) electrons. The topological polar surface area (TPSA) is 21.3 Å². The molecule has 3 heteroatoms. The normalized spacial score (nSPS) is 12.9. The summed E-state index contributed by atoms with van der Waals surface area (Å²) in [6.07, 6.45) is 0.973. The van der Waals surface area contributed by atoms with Crippen molar-refractivity contribution in [2.75, 3.05) is 11.9 Å². The summed E-state index contributed by atoms with van der Waals surface area (Å²) in [7, 11) is 0. The molecule has 1 aliphatic heterocycles.